The molecule has 0 aromatic rings. The molecule has 0 heterocycles. The maximum atomic E-state index is 11.6. The summed E-state index contributed by atoms with van der Waals surface area (Å²) in [4.78, 5) is 22.3. The molecule has 0 saturated heterocycles. The van der Waals surface area contributed by atoms with E-state index >= 15 is 0 Å². The fourth-order valence-electron chi connectivity index (χ4n) is 2.92. The van der Waals surface area contributed by atoms with Crippen LogP contribution in [0.2, 0.25) is 0 Å². The van der Waals surface area contributed by atoms with Gasteiger partial charge in [-0.1, -0.05) is 20.8 Å². The van der Waals surface area contributed by atoms with E-state index in [0.29, 0.717) is 24.8 Å². The van der Waals surface area contributed by atoms with Gasteiger partial charge in [0.25, 0.3) is 0 Å². The zero-order chi connectivity index (χ0) is 14.8. The fraction of sp³-hybridized carbons (Fsp3) is 0.733. The first kappa shape index (κ1) is 15.9. The number of carboxylic acid groups (broad SMARTS) is 1. The van der Waals surface area contributed by atoms with E-state index in [1.165, 1.54) is 6.08 Å². The van der Waals surface area contributed by atoms with Crippen molar-refractivity contribution < 1.29 is 19.8 Å². The summed E-state index contributed by atoms with van der Waals surface area (Å²) in [6.45, 7) is 7.44. The van der Waals surface area contributed by atoms with Crippen LogP contribution < -0.4 is 0 Å². The largest absolute Gasteiger partial charge is 0.481 e. The standard InChI is InChI=1S/C15H24O4/c1-10(7-13(17)18)5-6-15(19)11(2)8-12(16)9-14(15,3)4/h8,10,19H,5-7,9H2,1-4H3,(H,17,18)/t10?,15-/m1/s1. The molecule has 0 aliphatic heterocycles. The van der Waals surface area contributed by atoms with Crippen LogP contribution in [0.1, 0.15) is 53.4 Å². The number of aliphatic carboxylic acids is 1. The van der Waals surface area contributed by atoms with Crippen LogP contribution in [-0.4, -0.2) is 27.6 Å². The molecule has 0 aromatic heterocycles. The molecule has 108 valence electrons. The molecule has 4 nitrogen and oxygen atoms in total. The van der Waals surface area contributed by atoms with Crippen molar-refractivity contribution in [1.29, 1.82) is 0 Å². The lowest BCUT2D eigenvalue weighted by Crippen LogP contribution is -2.49. The van der Waals surface area contributed by atoms with Gasteiger partial charge in [0.15, 0.2) is 5.78 Å². The van der Waals surface area contributed by atoms with Gasteiger partial charge < -0.3 is 10.2 Å². The van der Waals surface area contributed by atoms with Crippen LogP contribution in [0.4, 0.5) is 0 Å². The zero-order valence-corrected chi connectivity index (χ0v) is 12.2. The number of aliphatic hydroxyl groups is 1. The van der Waals surface area contributed by atoms with Crippen molar-refractivity contribution >= 4 is 11.8 Å². The quantitative estimate of drug-likeness (QED) is 0.803. The smallest absolute Gasteiger partial charge is 0.303 e. The number of hydrogen-bond donors (Lipinski definition) is 2. The van der Waals surface area contributed by atoms with E-state index in [9.17, 15) is 14.7 Å². The van der Waals surface area contributed by atoms with Crippen molar-refractivity contribution in [2.45, 2.75) is 59.0 Å². The van der Waals surface area contributed by atoms with Crippen molar-refractivity contribution in [2.24, 2.45) is 11.3 Å². The lowest BCUT2D eigenvalue weighted by molar-refractivity contribution is -0.138. The average Bonchev–Trinajstić information content (AvgIpc) is 2.21. The molecule has 1 rings (SSSR count). The Labute approximate surface area is 114 Å². The Hall–Kier alpha value is -1.16. The summed E-state index contributed by atoms with van der Waals surface area (Å²) in [7, 11) is 0. The van der Waals surface area contributed by atoms with Crippen molar-refractivity contribution in [3.05, 3.63) is 11.6 Å². The van der Waals surface area contributed by atoms with Gasteiger partial charge in [-0.2, -0.15) is 0 Å². The van der Waals surface area contributed by atoms with Crippen LogP contribution in [0.15, 0.2) is 11.6 Å². The van der Waals surface area contributed by atoms with Gasteiger partial charge in [-0.15, -0.1) is 0 Å². The Kier molecular flexibility index (Phi) is 4.56. The Morgan fingerprint density at radius 2 is 2.05 bits per heavy atom. The summed E-state index contributed by atoms with van der Waals surface area (Å²) < 4.78 is 0. The van der Waals surface area contributed by atoms with Gasteiger partial charge in [-0.05, 0) is 37.3 Å². The summed E-state index contributed by atoms with van der Waals surface area (Å²) in [5.41, 5.74) is -0.837. The fourth-order valence-corrected chi connectivity index (χ4v) is 2.92. The summed E-state index contributed by atoms with van der Waals surface area (Å²) in [6, 6.07) is 0. The van der Waals surface area contributed by atoms with Gasteiger partial charge in [0.1, 0.15) is 0 Å². The highest BCUT2D eigenvalue weighted by atomic mass is 16.4. The third-order valence-corrected chi connectivity index (χ3v) is 4.29. The molecule has 0 aromatic carbocycles. The van der Waals surface area contributed by atoms with Crippen LogP contribution in [0.3, 0.4) is 0 Å². The molecule has 2 atom stereocenters. The molecular formula is C15H24O4. The third kappa shape index (κ3) is 3.44. The number of rotatable bonds is 5. The first-order valence-electron chi connectivity index (χ1n) is 6.74. The first-order chi connectivity index (χ1) is 8.58. The topological polar surface area (TPSA) is 74.6 Å². The molecule has 1 unspecified atom stereocenters. The second-order valence-electron chi connectivity index (χ2n) is 6.46. The van der Waals surface area contributed by atoms with E-state index in [4.69, 9.17) is 5.11 Å². The maximum Gasteiger partial charge on any atom is 0.303 e. The van der Waals surface area contributed by atoms with E-state index < -0.39 is 17.0 Å². The van der Waals surface area contributed by atoms with Crippen LogP contribution in [0, 0.1) is 11.3 Å². The van der Waals surface area contributed by atoms with Crippen LogP contribution in [-0.2, 0) is 9.59 Å². The molecule has 19 heavy (non-hydrogen) atoms. The van der Waals surface area contributed by atoms with Crippen LogP contribution in [0.5, 0.6) is 0 Å². The monoisotopic (exact) mass is 268 g/mol. The minimum absolute atomic E-state index is 0.0164. The predicted molar refractivity (Wildman–Crippen MR) is 72.8 cm³/mol. The lowest BCUT2D eigenvalue weighted by atomic mass is 9.62. The number of ketones is 1. The SMILES string of the molecule is CC1=CC(=O)CC(C)(C)[C@@]1(O)CCC(C)CC(=O)O. The van der Waals surface area contributed by atoms with Gasteiger partial charge in [-0.25, -0.2) is 0 Å². The molecule has 2 N–H and O–H groups in total. The summed E-state index contributed by atoms with van der Waals surface area (Å²) in [5, 5.41) is 19.7. The molecular weight excluding hydrogens is 244 g/mol. The van der Waals surface area contributed by atoms with Gasteiger partial charge in [0.2, 0.25) is 0 Å². The summed E-state index contributed by atoms with van der Waals surface area (Å²) in [5.74, 6) is -0.752. The van der Waals surface area contributed by atoms with Crippen molar-refractivity contribution in [3.8, 4) is 0 Å². The Bertz CT molecular complexity index is 408. The molecule has 1 aliphatic carbocycles. The highest BCUT2D eigenvalue weighted by molar-refractivity contribution is 5.92. The zero-order valence-electron chi connectivity index (χ0n) is 12.2. The van der Waals surface area contributed by atoms with Crippen molar-refractivity contribution in [1.82, 2.24) is 0 Å². The highest BCUT2D eigenvalue weighted by Gasteiger charge is 2.48. The van der Waals surface area contributed by atoms with E-state index in [1.807, 2.05) is 20.8 Å². The third-order valence-electron chi connectivity index (χ3n) is 4.29. The lowest BCUT2D eigenvalue weighted by Gasteiger charge is -2.46. The molecule has 0 saturated carbocycles. The van der Waals surface area contributed by atoms with E-state index in [2.05, 4.69) is 0 Å². The van der Waals surface area contributed by atoms with E-state index in [1.54, 1.807) is 6.92 Å². The highest BCUT2D eigenvalue weighted by Crippen LogP contribution is 2.46. The molecule has 1 aliphatic rings. The molecule has 0 spiro atoms. The average molecular weight is 268 g/mol. The van der Waals surface area contributed by atoms with E-state index in [-0.39, 0.29) is 18.1 Å². The predicted octanol–water partition coefficient (Wildman–Crippen LogP) is 2.55. The molecule has 0 radical (unpaired) electrons. The van der Waals surface area contributed by atoms with Crippen LogP contribution in [0.25, 0.3) is 0 Å². The van der Waals surface area contributed by atoms with Crippen molar-refractivity contribution in [2.75, 3.05) is 0 Å². The number of hydrogen-bond acceptors (Lipinski definition) is 3. The minimum Gasteiger partial charge on any atom is -0.481 e. The van der Waals surface area contributed by atoms with Crippen LogP contribution >= 0.6 is 0 Å². The van der Waals surface area contributed by atoms with Crippen molar-refractivity contribution in [3.63, 3.8) is 0 Å². The second kappa shape index (κ2) is 5.45. The molecule has 4 heteroatoms. The molecule has 0 amide bonds. The normalized spacial score (nSPS) is 27.8. The first-order valence-corrected chi connectivity index (χ1v) is 6.74. The Balaban J connectivity index is 2.81. The number of carbonyl (C=O) groups is 2. The summed E-state index contributed by atoms with van der Waals surface area (Å²) >= 11 is 0. The van der Waals surface area contributed by atoms with Gasteiger partial charge in [0.05, 0.1) is 5.60 Å². The summed E-state index contributed by atoms with van der Waals surface area (Å²) in [6.07, 6.45) is 3.08. The maximum absolute atomic E-state index is 11.6. The van der Waals surface area contributed by atoms with Gasteiger partial charge in [-0.3, -0.25) is 9.59 Å². The minimum atomic E-state index is -1.02. The Morgan fingerprint density at radius 3 is 2.53 bits per heavy atom. The van der Waals surface area contributed by atoms with E-state index in [0.717, 1.165) is 0 Å². The molecule has 0 fully saturated rings. The second-order valence-corrected chi connectivity index (χ2v) is 6.46. The number of carboxylic acids is 1. The van der Waals surface area contributed by atoms with Gasteiger partial charge >= 0.3 is 5.97 Å². The number of allylic oxidation sites excluding steroid dienone is 1. The number of carbonyl (C=O) groups excluding carboxylic acids is 1. The Morgan fingerprint density at radius 1 is 1.47 bits per heavy atom. The molecule has 0 bridgehead atoms. The van der Waals surface area contributed by atoms with Gasteiger partial charge in [0, 0.05) is 18.3 Å².